The zero-order valence-electron chi connectivity index (χ0n) is 24.9. The van der Waals surface area contributed by atoms with Crippen molar-refractivity contribution in [2.45, 2.75) is 84.9 Å². The first-order valence-corrected chi connectivity index (χ1v) is 14.2. The van der Waals surface area contributed by atoms with E-state index in [0.717, 1.165) is 0 Å². The monoisotopic (exact) mass is 552 g/mol. The largest absolute Gasteiger partial charge is 0.457 e. The summed E-state index contributed by atoms with van der Waals surface area (Å²) in [6, 6.07) is 8.80. The number of carbonyl (C=O) groups is 2. The first-order valence-electron chi connectivity index (χ1n) is 14.2. The van der Waals surface area contributed by atoms with Gasteiger partial charge in [0.1, 0.15) is 17.8 Å². The summed E-state index contributed by atoms with van der Waals surface area (Å²) in [7, 11) is 0. The molecule has 1 aliphatic heterocycles. The number of aliphatic hydroxyl groups is 1. The molecule has 1 saturated carbocycles. The number of carbonyl (C=O) groups excluding carboxylic acids is 2. The molecule has 1 aromatic rings. The normalized spacial score (nSPS) is 26.6. The lowest BCUT2D eigenvalue weighted by Crippen LogP contribution is -2.38. The fourth-order valence-corrected chi connectivity index (χ4v) is 5.99. The number of hydrogen-bond acceptors (Lipinski definition) is 7. The van der Waals surface area contributed by atoms with Crippen LogP contribution in [0.1, 0.15) is 71.7 Å². The van der Waals surface area contributed by atoms with Crippen molar-refractivity contribution in [3.63, 3.8) is 0 Å². The minimum absolute atomic E-state index is 0.0708. The highest BCUT2D eigenvalue weighted by molar-refractivity contribution is 5.89. The highest BCUT2D eigenvalue weighted by Gasteiger charge is 2.58. The van der Waals surface area contributed by atoms with E-state index in [0.29, 0.717) is 48.3 Å². The van der Waals surface area contributed by atoms with E-state index < -0.39 is 29.6 Å². The van der Waals surface area contributed by atoms with Gasteiger partial charge in [-0.05, 0) is 75.0 Å². The zero-order valence-corrected chi connectivity index (χ0v) is 24.9. The fraction of sp³-hybridized carbons (Fsp3) is 0.576. The van der Waals surface area contributed by atoms with Gasteiger partial charge in [-0.15, -0.1) is 0 Å². The summed E-state index contributed by atoms with van der Waals surface area (Å²) < 4.78 is 23.5. The third kappa shape index (κ3) is 6.42. The molecule has 7 nitrogen and oxygen atoms in total. The third-order valence-electron chi connectivity index (χ3n) is 8.32. The first-order chi connectivity index (χ1) is 18.6. The van der Waals surface area contributed by atoms with Crippen LogP contribution in [0.4, 0.5) is 0 Å². The van der Waals surface area contributed by atoms with Crippen molar-refractivity contribution in [2.24, 2.45) is 23.2 Å². The van der Waals surface area contributed by atoms with E-state index in [4.69, 9.17) is 18.9 Å². The van der Waals surface area contributed by atoms with Gasteiger partial charge >= 0.3 is 11.9 Å². The molecule has 0 aromatic heterocycles. The SMILES string of the molecule is C=C([C@H](O)C1=C[C@@H](C)CC12OCCO2)[C@@H](C[C@H]1[C@@H](/C=C(\C)C(=O)OC(C)(C)C)C1(C)C)OC(=O)c1ccccc1. The van der Waals surface area contributed by atoms with Crippen LogP contribution >= 0.6 is 0 Å². The molecule has 7 heteroatoms. The standard InChI is InChI=1S/C33H44O7/c1-20-16-26(33(19-20)37-14-15-38-33)28(34)22(3)27(39-30(36)23-12-10-9-11-13-23)18-25-24(32(25,7)8)17-21(2)29(35)40-31(4,5)6/h9-13,16-17,20,24-25,27-28,34H,3,14-15,18-19H2,1-2,4-8H3/b21-17+/t20-,24-,25+,27-,28+/m1/s1. The molecule has 218 valence electrons. The second-order valence-electron chi connectivity index (χ2n) is 13.0. The molecule has 1 spiro atoms. The van der Waals surface area contributed by atoms with Gasteiger partial charge < -0.3 is 24.1 Å². The van der Waals surface area contributed by atoms with Crippen molar-refractivity contribution < 1.29 is 33.6 Å². The molecule has 40 heavy (non-hydrogen) atoms. The average Bonchev–Trinajstić information content (AvgIpc) is 3.23. The summed E-state index contributed by atoms with van der Waals surface area (Å²) in [5, 5.41) is 11.6. The van der Waals surface area contributed by atoms with Crippen LogP contribution in [0.5, 0.6) is 0 Å². The van der Waals surface area contributed by atoms with Crippen molar-refractivity contribution in [2.75, 3.05) is 13.2 Å². The maximum absolute atomic E-state index is 13.2. The summed E-state index contributed by atoms with van der Waals surface area (Å²) in [6.45, 7) is 18.8. The Balaban J connectivity index is 1.57. The summed E-state index contributed by atoms with van der Waals surface area (Å²) in [4.78, 5) is 25.8. The van der Waals surface area contributed by atoms with Crippen LogP contribution in [0.15, 0.2) is 65.8 Å². The Kier molecular flexibility index (Phi) is 8.51. The maximum Gasteiger partial charge on any atom is 0.338 e. The van der Waals surface area contributed by atoms with Gasteiger partial charge in [0.25, 0.3) is 0 Å². The molecule has 0 bridgehead atoms. The molecule has 4 rings (SSSR count). The second kappa shape index (κ2) is 11.3. The van der Waals surface area contributed by atoms with E-state index in [1.165, 1.54) is 0 Å². The molecule has 2 fully saturated rings. The lowest BCUT2D eigenvalue weighted by molar-refractivity contribution is -0.149. The van der Waals surface area contributed by atoms with Crippen LogP contribution in [0.3, 0.4) is 0 Å². The Morgan fingerprint density at radius 1 is 1.18 bits per heavy atom. The quantitative estimate of drug-likeness (QED) is 0.236. The summed E-state index contributed by atoms with van der Waals surface area (Å²) in [6.07, 6.45) is 3.15. The fourth-order valence-electron chi connectivity index (χ4n) is 5.99. The molecule has 0 amide bonds. The van der Waals surface area contributed by atoms with Gasteiger partial charge in [0, 0.05) is 17.6 Å². The first kappa shape index (κ1) is 30.2. The minimum Gasteiger partial charge on any atom is -0.457 e. The predicted molar refractivity (Wildman–Crippen MR) is 152 cm³/mol. The Bertz CT molecular complexity index is 1180. The summed E-state index contributed by atoms with van der Waals surface area (Å²) in [5.74, 6) is -1.47. The minimum atomic E-state index is -1.10. The molecule has 1 heterocycles. The van der Waals surface area contributed by atoms with Gasteiger partial charge in [-0.1, -0.05) is 57.7 Å². The maximum atomic E-state index is 13.2. The van der Waals surface area contributed by atoms with Crippen molar-refractivity contribution >= 4 is 11.9 Å². The molecule has 5 atom stereocenters. The molecule has 0 unspecified atom stereocenters. The zero-order chi connectivity index (χ0) is 29.5. The molecule has 1 aromatic carbocycles. The van der Waals surface area contributed by atoms with Gasteiger partial charge in [-0.3, -0.25) is 0 Å². The van der Waals surface area contributed by atoms with E-state index in [1.807, 2.05) is 39.0 Å². The molecule has 0 radical (unpaired) electrons. The summed E-state index contributed by atoms with van der Waals surface area (Å²) in [5.41, 5.74) is 1.26. The number of benzene rings is 1. The van der Waals surface area contributed by atoms with Gasteiger partial charge in [-0.2, -0.15) is 0 Å². The molecule has 1 saturated heterocycles. The number of aliphatic hydroxyl groups excluding tert-OH is 1. The Morgan fingerprint density at radius 2 is 1.80 bits per heavy atom. The van der Waals surface area contributed by atoms with Crippen LogP contribution in [-0.4, -0.2) is 53.9 Å². The van der Waals surface area contributed by atoms with Gasteiger partial charge in [0.05, 0.1) is 18.8 Å². The van der Waals surface area contributed by atoms with E-state index >= 15 is 0 Å². The van der Waals surface area contributed by atoms with E-state index in [1.54, 1.807) is 31.2 Å². The average molecular weight is 553 g/mol. The van der Waals surface area contributed by atoms with Gasteiger partial charge in [0.2, 0.25) is 0 Å². The molecule has 3 aliphatic rings. The predicted octanol–water partition coefficient (Wildman–Crippen LogP) is 5.79. The number of ether oxygens (including phenoxy) is 4. The van der Waals surface area contributed by atoms with E-state index in [-0.39, 0.29) is 29.1 Å². The Labute approximate surface area is 238 Å². The third-order valence-corrected chi connectivity index (χ3v) is 8.32. The lowest BCUT2D eigenvalue weighted by Gasteiger charge is -2.32. The van der Waals surface area contributed by atoms with Crippen LogP contribution in [0, 0.1) is 23.2 Å². The van der Waals surface area contributed by atoms with Gasteiger partial charge in [-0.25, -0.2) is 9.59 Å². The highest BCUT2D eigenvalue weighted by atomic mass is 16.7. The molecular weight excluding hydrogens is 508 g/mol. The topological polar surface area (TPSA) is 91.3 Å². The van der Waals surface area contributed by atoms with Crippen molar-refractivity contribution in [1.82, 2.24) is 0 Å². The number of rotatable bonds is 9. The number of allylic oxidation sites excluding steroid dienone is 2. The van der Waals surface area contributed by atoms with Crippen molar-refractivity contribution in [1.29, 1.82) is 0 Å². The highest BCUT2D eigenvalue weighted by Crippen LogP contribution is 2.62. The van der Waals surface area contributed by atoms with Crippen LogP contribution in [0.25, 0.3) is 0 Å². The lowest BCUT2D eigenvalue weighted by atomic mass is 9.91. The van der Waals surface area contributed by atoms with Crippen molar-refractivity contribution in [3.8, 4) is 0 Å². The number of hydrogen-bond donors (Lipinski definition) is 1. The summed E-state index contributed by atoms with van der Waals surface area (Å²) >= 11 is 0. The van der Waals surface area contributed by atoms with E-state index in [2.05, 4.69) is 27.4 Å². The molecular formula is C33H44O7. The van der Waals surface area contributed by atoms with Crippen LogP contribution < -0.4 is 0 Å². The Morgan fingerprint density at radius 3 is 2.40 bits per heavy atom. The van der Waals surface area contributed by atoms with E-state index in [9.17, 15) is 14.7 Å². The number of esters is 2. The Hall–Kier alpha value is -2.74. The van der Waals surface area contributed by atoms with Crippen LogP contribution in [0.2, 0.25) is 0 Å². The van der Waals surface area contributed by atoms with Crippen LogP contribution in [-0.2, 0) is 23.7 Å². The molecule has 2 aliphatic carbocycles. The second-order valence-corrected chi connectivity index (χ2v) is 13.0. The smallest absolute Gasteiger partial charge is 0.338 e. The molecule has 1 N–H and O–H groups in total. The van der Waals surface area contributed by atoms with Gasteiger partial charge in [0.15, 0.2) is 5.79 Å². The van der Waals surface area contributed by atoms with Crippen molar-refractivity contribution in [3.05, 3.63) is 71.3 Å².